The van der Waals surface area contributed by atoms with Gasteiger partial charge in [-0.3, -0.25) is 4.79 Å². The Kier molecular flexibility index (Phi) is 5.90. The minimum absolute atomic E-state index is 0.00144. The number of carbonyl (C=O) groups is 1. The number of hydrogen-bond acceptors (Lipinski definition) is 1. The van der Waals surface area contributed by atoms with Crippen molar-refractivity contribution >= 4 is 5.91 Å². The van der Waals surface area contributed by atoms with Crippen LogP contribution in [0.25, 0.3) is 0 Å². The maximum Gasteiger partial charge on any atom is 0.220 e. The van der Waals surface area contributed by atoms with E-state index in [1.165, 1.54) is 12.8 Å². The van der Waals surface area contributed by atoms with Crippen LogP contribution in [0.15, 0.2) is 0 Å². The number of primary amides is 1. The Morgan fingerprint density at radius 1 is 1.55 bits per heavy atom. The molecule has 11 heavy (non-hydrogen) atoms. The average Bonchev–Trinajstić information content (AvgIpc) is 1.97. The molecule has 0 saturated carbocycles. The van der Waals surface area contributed by atoms with Gasteiger partial charge in [-0.2, -0.15) is 0 Å². The average molecular weight is 156 g/mol. The van der Waals surface area contributed by atoms with Crippen LogP contribution >= 0.6 is 0 Å². The van der Waals surface area contributed by atoms with Crippen molar-refractivity contribution in [1.29, 1.82) is 0 Å². The largest absolute Gasteiger partial charge is 0.369 e. The number of hydrogen-bond donors (Lipinski definition) is 1. The van der Waals surface area contributed by atoms with Crippen molar-refractivity contribution < 1.29 is 4.79 Å². The molecule has 0 spiro atoms. The summed E-state index contributed by atoms with van der Waals surface area (Å²) in [4.78, 5) is 10.7. The van der Waals surface area contributed by atoms with Gasteiger partial charge in [0.2, 0.25) is 5.91 Å². The Hall–Kier alpha value is -0.530. The fourth-order valence-corrected chi connectivity index (χ4v) is 1.07. The van der Waals surface area contributed by atoms with E-state index >= 15 is 0 Å². The topological polar surface area (TPSA) is 43.1 Å². The van der Waals surface area contributed by atoms with Crippen molar-refractivity contribution in [2.45, 2.75) is 39.0 Å². The minimum atomic E-state index is -0.198. The van der Waals surface area contributed by atoms with Gasteiger partial charge in [-0.15, -0.1) is 0 Å². The quantitative estimate of drug-likeness (QED) is 0.586. The van der Waals surface area contributed by atoms with Crippen molar-refractivity contribution in [3.05, 3.63) is 6.92 Å². The lowest BCUT2D eigenvalue weighted by molar-refractivity contribution is -0.121. The van der Waals surface area contributed by atoms with Crippen LogP contribution < -0.4 is 5.73 Å². The molecule has 0 aliphatic heterocycles. The second kappa shape index (κ2) is 6.20. The second-order valence-electron chi connectivity index (χ2n) is 2.88. The number of rotatable bonds is 6. The van der Waals surface area contributed by atoms with E-state index in [9.17, 15) is 4.79 Å². The fraction of sp³-hybridized carbons (Fsp3) is 0.778. The molecule has 0 rings (SSSR count). The van der Waals surface area contributed by atoms with Crippen LogP contribution in [0.3, 0.4) is 0 Å². The first-order valence-electron chi connectivity index (χ1n) is 4.31. The highest BCUT2D eigenvalue weighted by atomic mass is 16.1. The second-order valence-corrected chi connectivity index (χ2v) is 2.88. The van der Waals surface area contributed by atoms with Crippen LogP contribution in [0.4, 0.5) is 0 Å². The highest BCUT2D eigenvalue weighted by Gasteiger charge is 2.10. The molecule has 0 saturated heterocycles. The summed E-state index contributed by atoms with van der Waals surface area (Å²) < 4.78 is 0. The maximum absolute atomic E-state index is 10.7. The van der Waals surface area contributed by atoms with Crippen LogP contribution in [0.1, 0.15) is 39.0 Å². The summed E-state index contributed by atoms with van der Waals surface area (Å²) >= 11 is 0. The van der Waals surface area contributed by atoms with Crippen LogP contribution in [0.5, 0.6) is 0 Å². The Labute approximate surface area is 69.2 Å². The summed E-state index contributed by atoms with van der Waals surface area (Å²) in [5.74, 6) is -0.197. The van der Waals surface area contributed by atoms with Crippen LogP contribution in [-0.2, 0) is 4.79 Å². The molecule has 0 aromatic heterocycles. The van der Waals surface area contributed by atoms with Gasteiger partial charge in [0, 0.05) is 5.92 Å². The number of amides is 1. The standard InChI is InChI=1S/C9H18NO/c1-3-5-6-7-8(4-2)9(10)11/h8H,2-7H2,1H3,(H2,10,11). The predicted molar refractivity (Wildman–Crippen MR) is 46.8 cm³/mol. The summed E-state index contributed by atoms with van der Waals surface area (Å²) in [6, 6.07) is 0. The molecule has 0 heterocycles. The van der Waals surface area contributed by atoms with Gasteiger partial charge in [0.05, 0.1) is 0 Å². The molecule has 0 fully saturated rings. The van der Waals surface area contributed by atoms with Crippen LogP contribution in [0.2, 0.25) is 0 Å². The van der Waals surface area contributed by atoms with Gasteiger partial charge in [-0.05, 0) is 12.8 Å². The van der Waals surface area contributed by atoms with E-state index in [1.54, 1.807) is 0 Å². The first-order valence-corrected chi connectivity index (χ1v) is 4.31. The molecule has 0 aliphatic carbocycles. The number of carbonyl (C=O) groups excluding carboxylic acids is 1. The van der Waals surface area contributed by atoms with Crippen molar-refractivity contribution in [1.82, 2.24) is 0 Å². The van der Waals surface area contributed by atoms with E-state index in [0.717, 1.165) is 12.8 Å². The van der Waals surface area contributed by atoms with Crippen molar-refractivity contribution in [2.24, 2.45) is 11.7 Å². The summed E-state index contributed by atoms with van der Waals surface area (Å²) in [5.41, 5.74) is 5.15. The highest BCUT2D eigenvalue weighted by Crippen LogP contribution is 2.12. The Morgan fingerprint density at radius 3 is 2.55 bits per heavy atom. The maximum atomic E-state index is 10.7. The molecule has 0 aromatic rings. The molecule has 0 aliphatic rings. The van der Waals surface area contributed by atoms with Gasteiger partial charge in [-0.1, -0.05) is 33.1 Å². The summed E-state index contributed by atoms with van der Waals surface area (Å²) in [5, 5.41) is 0. The molecule has 2 nitrogen and oxygen atoms in total. The molecule has 1 unspecified atom stereocenters. The first kappa shape index (κ1) is 10.5. The third-order valence-electron chi connectivity index (χ3n) is 1.91. The van der Waals surface area contributed by atoms with Crippen molar-refractivity contribution in [3.8, 4) is 0 Å². The lowest BCUT2D eigenvalue weighted by Crippen LogP contribution is -2.22. The molecule has 0 aromatic carbocycles. The SMILES string of the molecule is [CH2]CC(CCCCC)C(N)=O. The van der Waals surface area contributed by atoms with E-state index in [0.29, 0.717) is 6.42 Å². The summed E-state index contributed by atoms with van der Waals surface area (Å²) in [7, 11) is 0. The van der Waals surface area contributed by atoms with E-state index in [1.807, 2.05) is 0 Å². The first-order chi connectivity index (χ1) is 5.22. The van der Waals surface area contributed by atoms with Crippen LogP contribution in [0, 0.1) is 12.8 Å². The minimum Gasteiger partial charge on any atom is -0.369 e. The fourth-order valence-electron chi connectivity index (χ4n) is 1.07. The molecule has 2 N–H and O–H groups in total. The van der Waals surface area contributed by atoms with Gasteiger partial charge in [0.15, 0.2) is 0 Å². The van der Waals surface area contributed by atoms with E-state index in [-0.39, 0.29) is 11.8 Å². The summed E-state index contributed by atoms with van der Waals surface area (Å²) in [6.07, 6.45) is 5.01. The third-order valence-corrected chi connectivity index (χ3v) is 1.91. The Balaban J connectivity index is 3.44. The Bertz CT molecular complexity index is 112. The van der Waals surface area contributed by atoms with Gasteiger partial charge < -0.3 is 5.73 Å². The monoisotopic (exact) mass is 156 g/mol. The lowest BCUT2D eigenvalue weighted by atomic mass is 9.98. The zero-order chi connectivity index (χ0) is 8.69. The number of nitrogens with two attached hydrogens (primary N) is 1. The van der Waals surface area contributed by atoms with Gasteiger partial charge in [-0.25, -0.2) is 0 Å². The highest BCUT2D eigenvalue weighted by molar-refractivity contribution is 5.76. The molecular formula is C9H18NO. The molecular weight excluding hydrogens is 138 g/mol. The van der Waals surface area contributed by atoms with Crippen LogP contribution in [-0.4, -0.2) is 5.91 Å². The van der Waals surface area contributed by atoms with Gasteiger partial charge in [0.1, 0.15) is 0 Å². The molecule has 1 atom stereocenters. The summed E-state index contributed by atoms with van der Waals surface area (Å²) in [6.45, 7) is 5.83. The molecule has 1 radical (unpaired) electrons. The van der Waals surface area contributed by atoms with Crippen molar-refractivity contribution in [2.75, 3.05) is 0 Å². The Morgan fingerprint density at radius 2 is 2.18 bits per heavy atom. The van der Waals surface area contributed by atoms with E-state index in [2.05, 4.69) is 13.8 Å². The number of unbranched alkanes of at least 4 members (excludes halogenated alkanes) is 2. The lowest BCUT2D eigenvalue weighted by Gasteiger charge is -2.08. The zero-order valence-corrected chi connectivity index (χ0v) is 7.31. The van der Waals surface area contributed by atoms with Gasteiger partial charge in [0.25, 0.3) is 0 Å². The normalized spacial score (nSPS) is 12.9. The molecule has 2 heteroatoms. The molecule has 65 valence electrons. The molecule has 1 amide bonds. The van der Waals surface area contributed by atoms with Crippen molar-refractivity contribution in [3.63, 3.8) is 0 Å². The zero-order valence-electron chi connectivity index (χ0n) is 7.31. The van der Waals surface area contributed by atoms with Gasteiger partial charge >= 0.3 is 0 Å². The van der Waals surface area contributed by atoms with E-state index in [4.69, 9.17) is 5.73 Å². The molecule has 0 bridgehead atoms. The predicted octanol–water partition coefficient (Wildman–Crippen LogP) is 1.89. The third kappa shape index (κ3) is 4.82. The smallest absolute Gasteiger partial charge is 0.220 e. The van der Waals surface area contributed by atoms with E-state index < -0.39 is 0 Å².